The normalized spacial score (nSPS) is 10.9. The van der Waals surface area contributed by atoms with Gasteiger partial charge in [0.1, 0.15) is 5.75 Å². The second-order valence-corrected chi connectivity index (χ2v) is 4.81. The number of non-ortho nitro benzene ring substituents is 1. The topological polar surface area (TPSA) is 77.1 Å². The van der Waals surface area contributed by atoms with Gasteiger partial charge in [-0.3, -0.25) is 10.1 Å². The van der Waals surface area contributed by atoms with E-state index in [1.807, 2.05) is 32.9 Å². The van der Waals surface area contributed by atoms with E-state index in [1.165, 1.54) is 12.1 Å². The molecule has 6 heteroatoms. The Hall–Kier alpha value is -2.76. The molecular formula is C16H17N3O3. The number of aryl methyl sites for hydroxylation is 2. The van der Waals surface area contributed by atoms with Gasteiger partial charge in [0.2, 0.25) is 0 Å². The predicted molar refractivity (Wildman–Crippen MR) is 84.4 cm³/mol. The van der Waals surface area contributed by atoms with Gasteiger partial charge in [-0.25, -0.2) is 0 Å². The van der Waals surface area contributed by atoms with E-state index in [9.17, 15) is 10.1 Å². The fraction of sp³-hybridized carbons (Fsp3) is 0.250. The Morgan fingerprint density at radius 1 is 1.09 bits per heavy atom. The van der Waals surface area contributed by atoms with Crippen LogP contribution in [-0.2, 0) is 0 Å². The highest BCUT2D eigenvalue weighted by atomic mass is 16.6. The van der Waals surface area contributed by atoms with Crippen LogP contribution in [-0.4, -0.2) is 11.5 Å². The molecule has 0 spiro atoms. The number of nitro benzene ring substituents is 1. The molecule has 6 nitrogen and oxygen atoms in total. The van der Waals surface area contributed by atoms with Crippen LogP contribution in [0.2, 0.25) is 0 Å². The van der Waals surface area contributed by atoms with Crippen molar-refractivity contribution >= 4 is 17.1 Å². The van der Waals surface area contributed by atoms with E-state index in [0.717, 1.165) is 22.6 Å². The molecule has 0 unspecified atom stereocenters. The van der Waals surface area contributed by atoms with Gasteiger partial charge in [0.15, 0.2) is 0 Å². The Kier molecular flexibility index (Phi) is 4.83. The van der Waals surface area contributed by atoms with Crippen LogP contribution in [0.4, 0.5) is 17.1 Å². The lowest BCUT2D eigenvalue weighted by atomic mass is 10.1. The summed E-state index contributed by atoms with van der Waals surface area (Å²) in [4.78, 5) is 10.2. The molecule has 22 heavy (non-hydrogen) atoms. The number of azo groups is 1. The molecule has 114 valence electrons. The van der Waals surface area contributed by atoms with Crippen LogP contribution in [0.25, 0.3) is 0 Å². The quantitative estimate of drug-likeness (QED) is 0.441. The number of rotatable bonds is 5. The molecule has 0 bridgehead atoms. The second kappa shape index (κ2) is 6.80. The zero-order chi connectivity index (χ0) is 16.1. The number of nitrogens with zero attached hydrogens (tertiary/aromatic N) is 3. The predicted octanol–water partition coefficient (Wildman–Crippen LogP) is 5.03. The summed E-state index contributed by atoms with van der Waals surface area (Å²) in [6.07, 6.45) is 0. The first-order valence-electron chi connectivity index (χ1n) is 6.91. The molecule has 0 aliphatic heterocycles. The molecule has 0 heterocycles. The Morgan fingerprint density at radius 2 is 1.77 bits per heavy atom. The molecule has 2 aromatic rings. The summed E-state index contributed by atoms with van der Waals surface area (Å²) < 4.78 is 5.53. The van der Waals surface area contributed by atoms with E-state index in [1.54, 1.807) is 12.1 Å². The molecule has 0 aliphatic rings. The van der Waals surface area contributed by atoms with E-state index < -0.39 is 4.92 Å². The molecule has 0 fully saturated rings. The molecule has 0 saturated heterocycles. The van der Waals surface area contributed by atoms with Crippen molar-refractivity contribution in [3.8, 4) is 5.75 Å². The minimum absolute atomic E-state index is 0.0343. The maximum atomic E-state index is 10.6. The van der Waals surface area contributed by atoms with Gasteiger partial charge in [0.05, 0.1) is 22.9 Å². The number of nitro groups is 1. The SMILES string of the molecule is CCOc1cc(C)c(N=Nc2ccc([N+](=O)[O-])cc2)cc1C. The molecule has 0 atom stereocenters. The van der Waals surface area contributed by atoms with E-state index in [0.29, 0.717) is 12.3 Å². The number of hydrogen-bond acceptors (Lipinski definition) is 5. The maximum Gasteiger partial charge on any atom is 0.269 e. The maximum absolute atomic E-state index is 10.6. The molecule has 0 aliphatic carbocycles. The molecule has 2 aromatic carbocycles. The van der Waals surface area contributed by atoms with Crippen LogP contribution in [0.5, 0.6) is 5.75 Å². The molecule has 0 aromatic heterocycles. The van der Waals surface area contributed by atoms with Gasteiger partial charge in [-0.05, 0) is 56.2 Å². The third-order valence-electron chi connectivity index (χ3n) is 3.13. The lowest BCUT2D eigenvalue weighted by molar-refractivity contribution is -0.384. The zero-order valence-electron chi connectivity index (χ0n) is 12.7. The van der Waals surface area contributed by atoms with Crippen molar-refractivity contribution in [3.05, 3.63) is 57.6 Å². The van der Waals surface area contributed by atoms with Gasteiger partial charge in [-0.2, -0.15) is 10.2 Å². The third kappa shape index (κ3) is 3.66. The van der Waals surface area contributed by atoms with Crippen molar-refractivity contribution in [1.82, 2.24) is 0 Å². The highest BCUT2D eigenvalue weighted by Gasteiger charge is 2.06. The van der Waals surface area contributed by atoms with Gasteiger partial charge in [-0.15, -0.1) is 0 Å². The van der Waals surface area contributed by atoms with Crippen molar-refractivity contribution in [2.75, 3.05) is 6.61 Å². The summed E-state index contributed by atoms with van der Waals surface area (Å²) in [6, 6.07) is 9.80. The van der Waals surface area contributed by atoms with Crippen molar-refractivity contribution < 1.29 is 9.66 Å². The van der Waals surface area contributed by atoms with Gasteiger partial charge in [0, 0.05) is 12.1 Å². The summed E-state index contributed by atoms with van der Waals surface area (Å²) in [5.74, 6) is 0.842. The summed E-state index contributed by atoms with van der Waals surface area (Å²) >= 11 is 0. The van der Waals surface area contributed by atoms with E-state index >= 15 is 0 Å². The van der Waals surface area contributed by atoms with Crippen LogP contribution < -0.4 is 4.74 Å². The first-order valence-corrected chi connectivity index (χ1v) is 6.91. The fourth-order valence-corrected chi connectivity index (χ4v) is 1.95. The molecule has 2 rings (SSSR count). The highest BCUT2D eigenvalue weighted by Crippen LogP contribution is 2.29. The lowest BCUT2D eigenvalue weighted by Gasteiger charge is -2.09. The Morgan fingerprint density at radius 3 is 2.36 bits per heavy atom. The molecule has 0 saturated carbocycles. The van der Waals surface area contributed by atoms with Crippen LogP contribution in [0.3, 0.4) is 0 Å². The van der Waals surface area contributed by atoms with Crippen molar-refractivity contribution in [1.29, 1.82) is 0 Å². The van der Waals surface area contributed by atoms with Crippen molar-refractivity contribution in [2.24, 2.45) is 10.2 Å². The van der Waals surface area contributed by atoms with Crippen LogP contribution in [0.1, 0.15) is 18.1 Å². The Labute approximate surface area is 128 Å². The standard InChI is InChI=1S/C16H17N3O3/c1-4-22-16-10-11(2)15(9-12(16)3)18-17-13-5-7-14(8-6-13)19(20)21/h5-10H,4H2,1-3H3. The van der Waals surface area contributed by atoms with Gasteiger partial charge in [-0.1, -0.05) is 0 Å². The van der Waals surface area contributed by atoms with Crippen molar-refractivity contribution in [3.63, 3.8) is 0 Å². The van der Waals surface area contributed by atoms with E-state index in [2.05, 4.69) is 10.2 Å². The van der Waals surface area contributed by atoms with Gasteiger partial charge in [0.25, 0.3) is 5.69 Å². The van der Waals surface area contributed by atoms with Crippen LogP contribution in [0.15, 0.2) is 46.6 Å². The summed E-state index contributed by atoms with van der Waals surface area (Å²) in [5, 5.41) is 18.9. The van der Waals surface area contributed by atoms with Crippen LogP contribution in [0, 0.1) is 24.0 Å². The zero-order valence-corrected chi connectivity index (χ0v) is 12.7. The van der Waals surface area contributed by atoms with Gasteiger partial charge >= 0.3 is 0 Å². The molecular weight excluding hydrogens is 282 g/mol. The third-order valence-corrected chi connectivity index (χ3v) is 3.13. The average molecular weight is 299 g/mol. The first kappa shape index (κ1) is 15.6. The Bertz CT molecular complexity index is 709. The van der Waals surface area contributed by atoms with Crippen molar-refractivity contribution in [2.45, 2.75) is 20.8 Å². The van der Waals surface area contributed by atoms with E-state index in [4.69, 9.17) is 4.74 Å². The second-order valence-electron chi connectivity index (χ2n) is 4.81. The number of benzene rings is 2. The monoisotopic (exact) mass is 299 g/mol. The molecule has 0 amide bonds. The number of ether oxygens (including phenoxy) is 1. The average Bonchev–Trinajstić information content (AvgIpc) is 2.50. The molecule has 0 N–H and O–H groups in total. The highest BCUT2D eigenvalue weighted by molar-refractivity contribution is 5.53. The smallest absolute Gasteiger partial charge is 0.269 e. The largest absolute Gasteiger partial charge is 0.494 e. The summed E-state index contributed by atoms with van der Waals surface area (Å²) in [6.45, 7) is 6.45. The minimum Gasteiger partial charge on any atom is -0.494 e. The summed E-state index contributed by atoms with van der Waals surface area (Å²) in [5.41, 5.74) is 3.30. The molecule has 0 radical (unpaired) electrons. The van der Waals surface area contributed by atoms with Gasteiger partial charge < -0.3 is 4.74 Å². The number of hydrogen-bond donors (Lipinski definition) is 0. The first-order chi connectivity index (χ1) is 10.5. The summed E-state index contributed by atoms with van der Waals surface area (Å²) in [7, 11) is 0. The fourth-order valence-electron chi connectivity index (χ4n) is 1.95. The van der Waals surface area contributed by atoms with Crippen LogP contribution >= 0.6 is 0 Å². The van der Waals surface area contributed by atoms with E-state index in [-0.39, 0.29) is 5.69 Å². The Balaban J connectivity index is 2.22. The minimum atomic E-state index is -0.444. The lowest BCUT2D eigenvalue weighted by Crippen LogP contribution is -1.94.